The standard InChI is InChI=1S/C16H17BrN2/c17-13-3-1-12-8-16(6-2-11(12)7-13)19-9-14-4-5-15(10-19)18-14/h1-3,6-8,14-15,18H,4-5,9-10H2. The molecular formula is C16H17BrN2. The molecule has 2 heterocycles. The van der Waals surface area contributed by atoms with E-state index in [9.17, 15) is 0 Å². The molecule has 2 fully saturated rings. The number of halogens is 1. The van der Waals surface area contributed by atoms with Crippen LogP contribution in [0.15, 0.2) is 40.9 Å². The van der Waals surface area contributed by atoms with Crippen molar-refractivity contribution in [2.24, 2.45) is 0 Å². The molecule has 2 aromatic carbocycles. The van der Waals surface area contributed by atoms with Crippen LogP contribution in [0.3, 0.4) is 0 Å². The van der Waals surface area contributed by atoms with Gasteiger partial charge in [-0.15, -0.1) is 0 Å². The van der Waals surface area contributed by atoms with Gasteiger partial charge in [0.25, 0.3) is 0 Å². The summed E-state index contributed by atoms with van der Waals surface area (Å²) in [5.74, 6) is 0. The first-order valence-electron chi connectivity index (χ1n) is 6.98. The molecule has 2 aliphatic heterocycles. The normalized spacial score (nSPS) is 26.1. The van der Waals surface area contributed by atoms with E-state index in [0.29, 0.717) is 12.1 Å². The maximum absolute atomic E-state index is 3.69. The van der Waals surface area contributed by atoms with Gasteiger partial charge >= 0.3 is 0 Å². The van der Waals surface area contributed by atoms with E-state index in [-0.39, 0.29) is 0 Å². The lowest BCUT2D eigenvalue weighted by atomic mass is 10.1. The van der Waals surface area contributed by atoms with Crippen LogP contribution in [-0.4, -0.2) is 25.2 Å². The van der Waals surface area contributed by atoms with Crippen LogP contribution in [0.5, 0.6) is 0 Å². The largest absolute Gasteiger partial charge is 0.368 e. The van der Waals surface area contributed by atoms with Crippen molar-refractivity contribution in [3.05, 3.63) is 40.9 Å². The zero-order valence-corrected chi connectivity index (χ0v) is 12.4. The summed E-state index contributed by atoms with van der Waals surface area (Å²) >= 11 is 3.53. The molecule has 2 aromatic rings. The third kappa shape index (κ3) is 2.15. The molecule has 98 valence electrons. The van der Waals surface area contributed by atoms with Gasteiger partial charge in [-0.25, -0.2) is 0 Å². The van der Waals surface area contributed by atoms with Crippen LogP contribution in [0, 0.1) is 0 Å². The molecule has 2 saturated heterocycles. The summed E-state index contributed by atoms with van der Waals surface area (Å²) in [6.07, 6.45) is 2.67. The van der Waals surface area contributed by atoms with Crippen molar-refractivity contribution in [1.29, 1.82) is 0 Å². The van der Waals surface area contributed by atoms with E-state index < -0.39 is 0 Å². The number of hydrogen-bond acceptors (Lipinski definition) is 2. The second kappa shape index (κ2) is 4.50. The molecule has 0 aromatic heterocycles. The van der Waals surface area contributed by atoms with Gasteiger partial charge in [-0.1, -0.05) is 28.1 Å². The summed E-state index contributed by atoms with van der Waals surface area (Å²) in [5, 5.41) is 6.31. The highest BCUT2D eigenvalue weighted by molar-refractivity contribution is 9.10. The maximum Gasteiger partial charge on any atom is 0.0373 e. The van der Waals surface area contributed by atoms with E-state index in [2.05, 4.69) is 62.5 Å². The molecule has 2 aliphatic rings. The minimum absolute atomic E-state index is 0.694. The molecule has 0 saturated carbocycles. The lowest BCUT2D eigenvalue weighted by Crippen LogP contribution is -2.51. The van der Waals surface area contributed by atoms with Crippen LogP contribution in [0.2, 0.25) is 0 Å². The van der Waals surface area contributed by atoms with E-state index in [4.69, 9.17) is 0 Å². The van der Waals surface area contributed by atoms with Gasteiger partial charge in [-0.3, -0.25) is 0 Å². The second-order valence-corrected chi connectivity index (χ2v) is 6.63. The maximum atomic E-state index is 3.69. The predicted molar refractivity (Wildman–Crippen MR) is 83.8 cm³/mol. The van der Waals surface area contributed by atoms with Gasteiger partial charge in [-0.05, 0) is 47.9 Å². The highest BCUT2D eigenvalue weighted by atomic mass is 79.9. The van der Waals surface area contributed by atoms with E-state index in [1.807, 2.05) is 0 Å². The molecule has 19 heavy (non-hydrogen) atoms. The van der Waals surface area contributed by atoms with Crippen LogP contribution >= 0.6 is 15.9 Å². The summed E-state index contributed by atoms with van der Waals surface area (Å²) in [6.45, 7) is 2.30. The third-order valence-electron chi connectivity index (χ3n) is 4.37. The van der Waals surface area contributed by atoms with Crippen LogP contribution in [0.1, 0.15) is 12.8 Å². The number of anilines is 1. The average Bonchev–Trinajstić information content (AvgIpc) is 2.77. The van der Waals surface area contributed by atoms with E-state index in [1.165, 1.54) is 29.3 Å². The Balaban J connectivity index is 1.69. The molecule has 0 spiro atoms. The minimum atomic E-state index is 0.694. The van der Waals surface area contributed by atoms with Crippen molar-refractivity contribution in [1.82, 2.24) is 5.32 Å². The lowest BCUT2D eigenvalue weighted by Gasteiger charge is -2.34. The third-order valence-corrected chi connectivity index (χ3v) is 4.86. The Bertz CT molecular complexity index is 613. The smallest absolute Gasteiger partial charge is 0.0373 e. The van der Waals surface area contributed by atoms with Gasteiger partial charge in [0, 0.05) is 35.3 Å². The summed E-state index contributed by atoms with van der Waals surface area (Å²) in [4.78, 5) is 2.54. The first-order valence-corrected chi connectivity index (χ1v) is 7.77. The lowest BCUT2D eigenvalue weighted by molar-refractivity contribution is 0.466. The number of piperazine rings is 1. The van der Waals surface area contributed by atoms with Crippen molar-refractivity contribution >= 4 is 32.4 Å². The number of rotatable bonds is 1. The number of nitrogens with zero attached hydrogens (tertiary/aromatic N) is 1. The molecule has 0 radical (unpaired) electrons. The van der Waals surface area contributed by atoms with E-state index >= 15 is 0 Å². The van der Waals surface area contributed by atoms with Crippen LogP contribution < -0.4 is 10.2 Å². The summed E-state index contributed by atoms with van der Waals surface area (Å²) in [7, 11) is 0. The van der Waals surface area contributed by atoms with Gasteiger partial charge in [-0.2, -0.15) is 0 Å². The van der Waals surface area contributed by atoms with Gasteiger partial charge in [0.05, 0.1) is 0 Å². The van der Waals surface area contributed by atoms with Crippen molar-refractivity contribution in [2.45, 2.75) is 24.9 Å². The number of fused-ring (bicyclic) bond motifs is 3. The van der Waals surface area contributed by atoms with Crippen molar-refractivity contribution in [3.8, 4) is 0 Å². The molecule has 1 N–H and O–H groups in total. The monoisotopic (exact) mass is 316 g/mol. The van der Waals surface area contributed by atoms with Crippen LogP contribution in [0.25, 0.3) is 10.8 Å². The van der Waals surface area contributed by atoms with Crippen molar-refractivity contribution < 1.29 is 0 Å². The average molecular weight is 317 g/mol. The Labute approximate surface area is 121 Å². The molecule has 2 atom stereocenters. The second-order valence-electron chi connectivity index (χ2n) is 5.72. The fraction of sp³-hybridized carbons (Fsp3) is 0.375. The van der Waals surface area contributed by atoms with Crippen LogP contribution in [0.4, 0.5) is 5.69 Å². The Kier molecular flexibility index (Phi) is 2.78. The number of hydrogen-bond donors (Lipinski definition) is 1. The summed E-state index contributed by atoms with van der Waals surface area (Å²) in [5.41, 5.74) is 1.37. The minimum Gasteiger partial charge on any atom is -0.368 e. The summed E-state index contributed by atoms with van der Waals surface area (Å²) < 4.78 is 1.15. The zero-order chi connectivity index (χ0) is 12.8. The fourth-order valence-electron chi connectivity index (χ4n) is 3.41. The first-order chi connectivity index (χ1) is 9.28. The molecule has 2 unspecified atom stereocenters. The SMILES string of the molecule is Brc1ccc2cc(N3CC4CCC(C3)N4)ccc2c1. The molecule has 2 bridgehead atoms. The quantitative estimate of drug-likeness (QED) is 0.865. The highest BCUT2D eigenvalue weighted by Crippen LogP contribution is 2.28. The molecular weight excluding hydrogens is 300 g/mol. The molecule has 0 amide bonds. The Morgan fingerprint density at radius 1 is 0.947 bits per heavy atom. The van der Waals surface area contributed by atoms with E-state index in [0.717, 1.165) is 17.6 Å². The Hall–Kier alpha value is -1.06. The Morgan fingerprint density at radius 2 is 1.63 bits per heavy atom. The number of nitrogens with one attached hydrogen (secondary N) is 1. The fourth-order valence-corrected chi connectivity index (χ4v) is 3.79. The molecule has 4 rings (SSSR count). The van der Waals surface area contributed by atoms with E-state index in [1.54, 1.807) is 0 Å². The van der Waals surface area contributed by atoms with Gasteiger partial charge in [0.1, 0.15) is 0 Å². The highest BCUT2D eigenvalue weighted by Gasteiger charge is 2.32. The molecule has 2 nitrogen and oxygen atoms in total. The van der Waals surface area contributed by atoms with Gasteiger partial charge in [0.2, 0.25) is 0 Å². The summed E-state index contributed by atoms with van der Waals surface area (Å²) in [6, 6.07) is 14.7. The van der Waals surface area contributed by atoms with Crippen molar-refractivity contribution in [2.75, 3.05) is 18.0 Å². The first kappa shape index (κ1) is 11.7. The van der Waals surface area contributed by atoms with Crippen molar-refractivity contribution in [3.63, 3.8) is 0 Å². The van der Waals surface area contributed by atoms with Crippen LogP contribution in [-0.2, 0) is 0 Å². The predicted octanol–water partition coefficient (Wildman–Crippen LogP) is 3.54. The van der Waals surface area contributed by atoms with Gasteiger partial charge in [0.15, 0.2) is 0 Å². The number of benzene rings is 2. The molecule has 3 heteroatoms. The zero-order valence-electron chi connectivity index (χ0n) is 10.8. The topological polar surface area (TPSA) is 15.3 Å². The Morgan fingerprint density at radius 3 is 2.42 bits per heavy atom. The molecule has 0 aliphatic carbocycles. The van der Waals surface area contributed by atoms with Gasteiger partial charge < -0.3 is 10.2 Å².